The van der Waals surface area contributed by atoms with Crippen molar-refractivity contribution < 1.29 is 8.42 Å². The largest absolute Gasteiger partial charge is 0.337 e. The van der Waals surface area contributed by atoms with Crippen molar-refractivity contribution in [2.24, 2.45) is 7.05 Å². The summed E-state index contributed by atoms with van der Waals surface area (Å²) in [6.45, 7) is 2.45. The van der Waals surface area contributed by atoms with Crippen molar-refractivity contribution in [2.45, 2.75) is 37.6 Å². The SMILES string of the molecule is CC(CNC1CC1)S(=O)(=O)NCc1nccn1C. The first kappa shape index (κ1) is 13.5. The van der Waals surface area contributed by atoms with Gasteiger partial charge in [-0.1, -0.05) is 0 Å². The van der Waals surface area contributed by atoms with E-state index in [1.807, 2.05) is 7.05 Å². The van der Waals surface area contributed by atoms with Crippen LogP contribution in [0.3, 0.4) is 0 Å². The van der Waals surface area contributed by atoms with Gasteiger partial charge in [0.25, 0.3) is 0 Å². The fourth-order valence-corrected chi connectivity index (χ4v) is 2.53. The van der Waals surface area contributed by atoms with Crippen LogP contribution in [0.5, 0.6) is 0 Å². The average Bonchev–Trinajstić information content (AvgIpc) is 3.06. The number of aryl methyl sites for hydroxylation is 1. The maximum absolute atomic E-state index is 12.0. The molecule has 2 rings (SSSR count). The number of sulfonamides is 1. The maximum atomic E-state index is 12.0. The van der Waals surface area contributed by atoms with E-state index in [1.165, 1.54) is 0 Å². The Bertz CT molecular complexity index is 493. The quantitative estimate of drug-likeness (QED) is 0.731. The van der Waals surface area contributed by atoms with Crippen molar-refractivity contribution in [2.75, 3.05) is 6.54 Å². The second-order valence-electron chi connectivity index (χ2n) is 4.81. The Hall–Kier alpha value is -0.920. The van der Waals surface area contributed by atoms with Gasteiger partial charge >= 0.3 is 0 Å². The van der Waals surface area contributed by atoms with Gasteiger partial charge in [-0.15, -0.1) is 0 Å². The minimum Gasteiger partial charge on any atom is -0.337 e. The molecule has 0 radical (unpaired) electrons. The fraction of sp³-hybridized carbons (Fsp3) is 0.727. The van der Waals surface area contributed by atoms with Gasteiger partial charge < -0.3 is 9.88 Å². The summed E-state index contributed by atoms with van der Waals surface area (Å²) in [4.78, 5) is 4.08. The molecule has 7 heteroatoms. The van der Waals surface area contributed by atoms with Crippen molar-refractivity contribution in [3.8, 4) is 0 Å². The van der Waals surface area contributed by atoms with Crippen LogP contribution in [-0.4, -0.2) is 35.8 Å². The number of aromatic nitrogens is 2. The van der Waals surface area contributed by atoms with Gasteiger partial charge in [-0.05, 0) is 19.8 Å². The second kappa shape index (κ2) is 5.38. The zero-order chi connectivity index (χ0) is 13.2. The summed E-state index contributed by atoms with van der Waals surface area (Å²) in [6, 6.07) is 0.525. The first-order valence-corrected chi connectivity index (χ1v) is 7.72. The molecule has 1 heterocycles. The Kier molecular flexibility index (Phi) is 4.04. The van der Waals surface area contributed by atoms with Crippen molar-refractivity contribution in [1.29, 1.82) is 0 Å². The number of rotatable bonds is 7. The van der Waals surface area contributed by atoms with Crippen molar-refractivity contribution >= 4 is 10.0 Å². The molecule has 1 saturated carbocycles. The summed E-state index contributed by atoms with van der Waals surface area (Å²) in [5, 5.41) is 2.79. The van der Waals surface area contributed by atoms with Crippen LogP contribution in [0.15, 0.2) is 12.4 Å². The van der Waals surface area contributed by atoms with E-state index in [1.54, 1.807) is 23.9 Å². The Morgan fingerprint density at radius 1 is 1.56 bits per heavy atom. The zero-order valence-electron chi connectivity index (χ0n) is 10.8. The van der Waals surface area contributed by atoms with Crippen molar-refractivity contribution in [3.63, 3.8) is 0 Å². The number of hydrogen-bond acceptors (Lipinski definition) is 4. The lowest BCUT2D eigenvalue weighted by Crippen LogP contribution is -2.39. The molecule has 1 unspecified atom stereocenters. The molecule has 1 fully saturated rings. The van der Waals surface area contributed by atoms with Crippen LogP contribution in [0, 0.1) is 0 Å². The Labute approximate surface area is 108 Å². The number of imidazole rings is 1. The highest BCUT2D eigenvalue weighted by Crippen LogP contribution is 2.18. The third-order valence-electron chi connectivity index (χ3n) is 3.15. The highest BCUT2D eigenvalue weighted by Gasteiger charge is 2.25. The first-order chi connectivity index (χ1) is 8.49. The monoisotopic (exact) mass is 272 g/mol. The Morgan fingerprint density at radius 3 is 2.83 bits per heavy atom. The molecule has 2 N–H and O–H groups in total. The van der Waals surface area contributed by atoms with Crippen LogP contribution >= 0.6 is 0 Å². The minimum absolute atomic E-state index is 0.236. The molecule has 0 aliphatic heterocycles. The van der Waals surface area contributed by atoms with Crippen LogP contribution in [0.4, 0.5) is 0 Å². The molecule has 18 heavy (non-hydrogen) atoms. The molecule has 0 spiro atoms. The van der Waals surface area contributed by atoms with Gasteiger partial charge in [0.15, 0.2) is 0 Å². The van der Waals surface area contributed by atoms with Gasteiger partial charge in [0, 0.05) is 32.0 Å². The van der Waals surface area contributed by atoms with E-state index in [-0.39, 0.29) is 6.54 Å². The van der Waals surface area contributed by atoms with E-state index in [0.29, 0.717) is 18.4 Å². The topological polar surface area (TPSA) is 76.0 Å². The molecular formula is C11H20N4O2S. The van der Waals surface area contributed by atoms with Gasteiger partial charge in [0.1, 0.15) is 5.82 Å². The van der Waals surface area contributed by atoms with Gasteiger partial charge in [-0.3, -0.25) is 0 Å². The third kappa shape index (κ3) is 3.54. The van der Waals surface area contributed by atoms with Gasteiger partial charge in [0.05, 0.1) is 11.8 Å². The molecule has 1 aliphatic rings. The number of nitrogens with one attached hydrogen (secondary N) is 2. The number of nitrogens with zero attached hydrogens (tertiary/aromatic N) is 2. The second-order valence-corrected chi connectivity index (χ2v) is 7.00. The van der Waals surface area contributed by atoms with Gasteiger partial charge in [0.2, 0.25) is 10.0 Å². The molecule has 0 aromatic carbocycles. The summed E-state index contributed by atoms with van der Waals surface area (Å²) >= 11 is 0. The van der Waals surface area contributed by atoms with E-state index >= 15 is 0 Å². The predicted octanol–water partition coefficient (Wildman–Crippen LogP) is -0.0200. The Balaban J connectivity index is 1.83. The van der Waals surface area contributed by atoms with E-state index in [0.717, 1.165) is 12.8 Å². The van der Waals surface area contributed by atoms with Crippen LogP contribution in [0.1, 0.15) is 25.6 Å². The number of hydrogen-bond donors (Lipinski definition) is 2. The molecule has 6 nitrogen and oxygen atoms in total. The molecule has 1 aromatic heterocycles. The lowest BCUT2D eigenvalue weighted by atomic mass is 10.4. The van der Waals surface area contributed by atoms with Crippen LogP contribution in [-0.2, 0) is 23.6 Å². The summed E-state index contributed by atoms with van der Waals surface area (Å²) in [5.74, 6) is 0.709. The minimum atomic E-state index is -3.29. The molecule has 1 atom stereocenters. The van der Waals surface area contributed by atoms with E-state index in [4.69, 9.17) is 0 Å². The summed E-state index contributed by atoms with van der Waals surface area (Å²) in [6.07, 6.45) is 5.77. The normalized spacial score (nSPS) is 17.9. The van der Waals surface area contributed by atoms with Gasteiger partial charge in [-0.25, -0.2) is 18.1 Å². The zero-order valence-corrected chi connectivity index (χ0v) is 11.6. The molecule has 102 valence electrons. The smallest absolute Gasteiger partial charge is 0.215 e. The highest BCUT2D eigenvalue weighted by molar-refractivity contribution is 7.90. The van der Waals surface area contributed by atoms with Crippen LogP contribution < -0.4 is 10.0 Å². The van der Waals surface area contributed by atoms with Crippen molar-refractivity contribution in [1.82, 2.24) is 19.6 Å². The molecule has 0 bridgehead atoms. The molecule has 1 aliphatic carbocycles. The molecule has 1 aromatic rings. The predicted molar refractivity (Wildman–Crippen MR) is 69.5 cm³/mol. The lowest BCUT2D eigenvalue weighted by molar-refractivity contribution is 0.554. The summed E-state index contributed by atoms with van der Waals surface area (Å²) in [5.41, 5.74) is 0. The van der Waals surface area contributed by atoms with E-state index < -0.39 is 15.3 Å². The first-order valence-electron chi connectivity index (χ1n) is 6.17. The standard InChI is InChI=1S/C11H20N4O2S/c1-9(7-13-10-3-4-10)18(16,17)14-8-11-12-5-6-15(11)2/h5-6,9-10,13-14H,3-4,7-8H2,1-2H3. The average molecular weight is 272 g/mol. The van der Waals surface area contributed by atoms with Gasteiger partial charge in [-0.2, -0.15) is 0 Å². The van der Waals surface area contributed by atoms with Crippen molar-refractivity contribution in [3.05, 3.63) is 18.2 Å². The van der Waals surface area contributed by atoms with Crippen LogP contribution in [0.25, 0.3) is 0 Å². The molecular weight excluding hydrogens is 252 g/mol. The fourth-order valence-electron chi connectivity index (χ4n) is 1.60. The summed E-state index contributed by atoms with van der Waals surface area (Å²) < 4.78 is 28.4. The summed E-state index contributed by atoms with van der Waals surface area (Å²) in [7, 11) is -1.44. The third-order valence-corrected chi connectivity index (χ3v) is 4.93. The molecule has 0 amide bonds. The molecule has 0 saturated heterocycles. The van der Waals surface area contributed by atoms with E-state index in [2.05, 4.69) is 15.0 Å². The Morgan fingerprint density at radius 2 is 2.28 bits per heavy atom. The van der Waals surface area contributed by atoms with Crippen LogP contribution in [0.2, 0.25) is 0 Å². The highest BCUT2D eigenvalue weighted by atomic mass is 32.2. The lowest BCUT2D eigenvalue weighted by Gasteiger charge is -2.14. The van der Waals surface area contributed by atoms with E-state index in [9.17, 15) is 8.42 Å². The maximum Gasteiger partial charge on any atom is 0.215 e.